The van der Waals surface area contributed by atoms with E-state index in [1.807, 2.05) is 6.92 Å². The first-order chi connectivity index (χ1) is 16.3. The van der Waals surface area contributed by atoms with Crippen molar-refractivity contribution >= 4 is 33.2 Å². The summed E-state index contributed by atoms with van der Waals surface area (Å²) in [4.78, 5) is 12.7. The fraction of sp³-hybridized carbons (Fsp3) is 0.269. The zero-order chi connectivity index (χ0) is 24.1. The van der Waals surface area contributed by atoms with Crippen LogP contribution in [0.4, 0.5) is 5.69 Å². The lowest BCUT2D eigenvalue weighted by molar-refractivity contribution is 0.0858. The summed E-state index contributed by atoms with van der Waals surface area (Å²) in [6, 6.07) is 20.5. The number of hydrogen-bond donors (Lipinski definition) is 1. The number of aryl methyl sites for hydroxylation is 1. The highest BCUT2D eigenvalue weighted by Crippen LogP contribution is 2.31. The van der Waals surface area contributed by atoms with Gasteiger partial charge >= 0.3 is 0 Å². The Balaban J connectivity index is 1.58. The summed E-state index contributed by atoms with van der Waals surface area (Å²) in [6.07, 6.45) is 2.04. The minimum atomic E-state index is -3.85. The summed E-state index contributed by atoms with van der Waals surface area (Å²) in [5, 5.41) is 3.35. The van der Waals surface area contributed by atoms with Gasteiger partial charge in [0.2, 0.25) is 0 Å². The summed E-state index contributed by atoms with van der Waals surface area (Å²) < 4.78 is 34.1. The average molecular weight is 499 g/mol. The first-order valence-corrected chi connectivity index (χ1v) is 13.0. The summed E-state index contributed by atoms with van der Waals surface area (Å²) in [6.45, 7) is 3.17. The fourth-order valence-electron chi connectivity index (χ4n) is 3.91. The third-order valence-electron chi connectivity index (χ3n) is 5.83. The van der Waals surface area contributed by atoms with E-state index in [2.05, 4.69) is 5.32 Å². The second-order valence-electron chi connectivity index (χ2n) is 8.30. The Bertz CT molecular complexity index is 1240. The normalized spacial score (nSPS) is 15.8. The van der Waals surface area contributed by atoms with Gasteiger partial charge in [-0.2, -0.15) is 0 Å². The Hall–Kier alpha value is -2.87. The molecule has 4 rings (SSSR count). The first-order valence-electron chi connectivity index (χ1n) is 11.2. The number of amides is 1. The third-order valence-corrected chi connectivity index (χ3v) is 7.84. The number of carbonyl (C=O) groups is 1. The predicted molar refractivity (Wildman–Crippen MR) is 134 cm³/mol. The van der Waals surface area contributed by atoms with Crippen LogP contribution in [0, 0.1) is 6.92 Å². The monoisotopic (exact) mass is 498 g/mol. The molecule has 0 spiro atoms. The number of ether oxygens (including phenoxy) is 1. The number of carbonyl (C=O) groups excluding carboxylic acids is 1. The lowest BCUT2D eigenvalue weighted by Crippen LogP contribution is -2.32. The number of nitrogens with one attached hydrogen (secondary N) is 1. The van der Waals surface area contributed by atoms with Gasteiger partial charge in [0.1, 0.15) is 0 Å². The highest BCUT2D eigenvalue weighted by Gasteiger charge is 2.26. The van der Waals surface area contributed by atoms with Crippen LogP contribution in [-0.2, 0) is 21.3 Å². The molecule has 3 aromatic carbocycles. The van der Waals surface area contributed by atoms with Gasteiger partial charge in [0.15, 0.2) is 0 Å². The average Bonchev–Trinajstić information content (AvgIpc) is 3.37. The number of halogens is 1. The second kappa shape index (κ2) is 10.6. The molecule has 3 aromatic rings. The molecule has 1 aliphatic rings. The van der Waals surface area contributed by atoms with Crippen LogP contribution in [0.1, 0.15) is 34.3 Å². The van der Waals surface area contributed by atoms with Gasteiger partial charge < -0.3 is 10.1 Å². The molecular formula is C26H27ClN2O4S. The smallest absolute Gasteiger partial charge is 0.264 e. The highest BCUT2D eigenvalue weighted by molar-refractivity contribution is 7.92. The number of rotatable bonds is 8. The molecule has 0 unspecified atom stereocenters. The molecule has 178 valence electrons. The maximum atomic E-state index is 13.6. The van der Waals surface area contributed by atoms with Crippen molar-refractivity contribution in [3.05, 3.63) is 94.5 Å². The van der Waals surface area contributed by atoms with Gasteiger partial charge in [-0.25, -0.2) is 8.42 Å². The van der Waals surface area contributed by atoms with E-state index in [-0.39, 0.29) is 23.5 Å². The molecule has 34 heavy (non-hydrogen) atoms. The van der Waals surface area contributed by atoms with E-state index in [1.165, 1.54) is 4.31 Å². The van der Waals surface area contributed by atoms with Crippen molar-refractivity contribution in [2.45, 2.75) is 37.3 Å². The molecule has 1 aliphatic heterocycles. The van der Waals surface area contributed by atoms with E-state index < -0.39 is 10.0 Å². The van der Waals surface area contributed by atoms with E-state index in [1.54, 1.807) is 72.8 Å². The zero-order valence-corrected chi connectivity index (χ0v) is 20.5. The maximum Gasteiger partial charge on any atom is 0.264 e. The van der Waals surface area contributed by atoms with Crippen molar-refractivity contribution in [3.63, 3.8) is 0 Å². The number of anilines is 1. The van der Waals surface area contributed by atoms with Gasteiger partial charge in [-0.15, -0.1) is 0 Å². The van der Waals surface area contributed by atoms with Crippen molar-refractivity contribution < 1.29 is 17.9 Å². The molecule has 1 heterocycles. The molecule has 0 bridgehead atoms. The van der Waals surface area contributed by atoms with E-state index in [0.717, 1.165) is 30.6 Å². The Morgan fingerprint density at radius 2 is 1.82 bits per heavy atom. The third kappa shape index (κ3) is 5.60. The molecule has 0 aromatic heterocycles. The Labute approximate surface area is 205 Å². The number of sulfonamides is 1. The lowest BCUT2D eigenvalue weighted by Gasteiger charge is -2.26. The molecule has 1 atom stereocenters. The van der Waals surface area contributed by atoms with Gasteiger partial charge in [0, 0.05) is 23.7 Å². The van der Waals surface area contributed by atoms with Crippen LogP contribution in [0.15, 0.2) is 77.7 Å². The predicted octanol–water partition coefficient (Wildman–Crippen LogP) is 4.95. The Morgan fingerprint density at radius 3 is 2.50 bits per heavy atom. The standard InChI is InChI=1S/C26H27ClN2O4S/c1-19-9-14-22(27)16-25(19)29(34(31,32)24-7-3-2-4-8-24)18-20-10-12-21(13-11-20)26(30)28-17-23-6-5-15-33-23/h2-4,7-14,16,23H,5-6,15,17-18H2,1H3,(H,28,30)/t23-/m0/s1. The molecule has 0 radical (unpaired) electrons. The van der Waals surface area contributed by atoms with Crippen LogP contribution < -0.4 is 9.62 Å². The van der Waals surface area contributed by atoms with Crippen molar-refractivity contribution in [2.24, 2.45) is 0 Å². The Kier molecular flexibility index (Phi) is 7.56. The van der Waals surface area contributed by atoms with E-state index in [4.69, 9.17) is 16.3 Å². The molecule has 0 saturated carbocycles. The quantitative estimate of drug-likeness (QED) is 0.476. The first kappa shape index (κ1) is 24.3. The van der Waals surface area contributed by atoms with Crippen molar-refractivity contribution in [1.29, 1.82) is 0 Å². The van der Waals surface area contributed by atoms with E-state index >= 15 is 0 Å². The number of nitrogens with zero attached hydrogens (tertiary/aromatic N) is 1. The molecule has 1 amide bonds. The molecule has 0 aliphatic carbocycles. The largest absolute Gasteiger partial charge is 0.376 e. The van der Waals surface area contributed by atoms with E-state index in [9.17, 15) is 13.2 Å². The van der Waals surface area contributed by atoms with Gasteiger partial charge in [-0.1, -0.05) is 48.0 Å². The second-order valence-corrected chi connectivity index (χ2v) is 10.6. The van der Waals surface area contributed by atoms with Crippen molar-refractivity contribution in [2.75, 3.05) is 17.5 Å². The van der Waals surface area contributed by atoms with Crippen molar-refractivity contribution in [1.82, 2.24) is 5.32 Å². The number of hydrogen-bond acceptors (Lipinski definition) is 4. The van der Waals surface area contributed by atoms with Gasteiger partial charge in [0.05, 0.1) is 23.2 Å². The fourth-order valence-corrected chi connectivity index (χ4v) is 5.61. The molecule has 1 saturated heterocycles. The van der Waals surface area contributed by atoms with Gasteiger partial charge in [0.25, 0.3) is 15.9 Å². The molecule has 1 fully saturated rings. The summed E-state index contributed by atoms with van der Waals surface area (Å²) >= 11 is 6.22. The van der Waals surface area contributed by atoms with Gasteiger partial charge in [-0.05, 0) is 67.3 Å². The molecule has 1 N–H and O–H groups in total. The van der Waals surface area contributed by atoms with E-state index in [0.29, 0.717) is 22.8 Å². The van der Waals surface area contributed by atoms with Crippen LogP contribution in [0.5, 0.6) is 0 Å². The summed E-state index contributed by atoms with van der Waals surface area (Å²) in [5.41, 5.74) is 2.55. The topological polar surface area (TPSA) is 75.7 Å². The lowest BCUT2D eigenvalue weighted by atomic mass is 10.1. The minimum absolute atomic E-state index is 0.0703. The highest BCUT2D eigenvalue weighted by atomic mass is 35.5. The Morgan fingerprint density at radius 1 is 1.09 bits per heavy atom. The zero-order valence-electron chi connectivity index (χ0n) is 18.9. The summed E-state index contributed by atoms with van der Waals surface area (Å²) in [7, 11) is -3.85. The van der Waals surface area contributed by atoms with Crippen LogP contribution in [-0.4, -0.2) is 33.6 Å². The van der Waals surface area contributed by atoms with Crippen LogP contribution >= 0.6 is 11.6 Å². The maximum absolute atomic E-state index is 13.6. The molecule has 6 nitrogen and oxygen atoms in total. The summed E-state index contributed by atoms with van der Waals surface area (Å²) in [5.74, 6) is -0.179. The number of benzene rings is 3. The van der Waals surface area contributed by atoms with Crippen LogP contribution in [0.2, 0.25) is 5.02 Å². The van der Waals surface area contributed by atoms with Crippen LogP contribution in [0.25, 0.3) is 0 Å². The SMILES string of the molecule is Cc1ccc(Cl)cc1N(Cc1ccc(C(=O)NC[C@@H]2CCCO2)cc1)S(=O)(=O)c1ccccc1. The van der Waals surface area contributed by atoms with Crippen LogP contribution in [0.3, 0.4) is 0 Å². The molecular weight excluding hydrogens is 472 g/mol. The van der Waals surface area contributed by atoms with Gasteiger partial charge in [-0.3, -0.25) is 9.10 Å². The minimum Gasteiger partial charge on any atom is -0.376 e. The van der Waals surface area contributed by atoms with Crippen molar-refractivity contribution in [3.8, 4) is 0 Å². The molecule has 8 heteroatoms.